The van der Waals surface area contributed by atoms with Crippen molar-refractivity contribution in [1.29, 1.82) is 5.26 Å². The predicted octanol–water partition coefficient (Wildman–Crippen LogP) is 3.30. The van der Waals surface area contributed by atoms with Gasteiger partial charge in [0.25, 0.3) is 11.5 Å². The standard InChI is InChI=1S/C31H30FN9O10P2S2/c32-23-25-21(49-30(23)41-17-37-24-26(35-16-36-27(24)41)38-28(43)18-5-2-1-3-6-18)15-46-52(44,54)50-20-13-19(14-47-53(55,51-25)45-12-4-8-33)48-29(20)40-10-7-22(42)39-11-9-34-31(39)40/h1-3,5-7,9-11,16-17,19-21,23,25,29-30H,4,12-15H2,(H,44,54)(H,35,36,38,43)/t19-,20+,21+,23-,25+,29+,30+,52?,53?/m0/s1. The van der Waals surface area contributed by atoms with Crippen molar-refractivity contribution in [3.8, 4) is 6.07 Å². The van der Waals surface area contributed by atoms with E-state index in [-0.39, 0.29) is 54.4 Å². The van der Waals surface area contributed by atoms with Crippen LogP contribution in [0.3, 0.4) is 0 Å². The summed E-state index contributed by atoms with van der Waals surface area (Å²) < 4.78 is 63.2. The number of rotatable bonds is 7. The highest BCUT2D eigenvalue weighted by Gasteiger charge is 2.52. The van der Waals surface area contributed by atoms with Crippen LogP contribution in [-0.2, 0) is 55.7 Å². The Hall–Kier alpha value is -3.94. The lowest BCUT2D eigenvalue weighted by Gasteiger charge is -2.29. The number of aromatic nitrogens is 7. The maximum absolute atomic E-state index is 16.8. The SMILES string of the molecule is N#CCCOP1(=S)OC[C@@H]2C[C@@H](OP(O)(=S)OC[C@H]3O[C@@H](n4cnc5c(NC(=O)c6ccccc6)ncnc54)[C@@H](F)[C@@H]3O1)[C@H](n1ccc(=O)n3ccnc13)O2. The Morgan fingerprint density at radius 1 is 1.04 bits per heavy atom. The number of nitrogens with one attached hydrogen (secondary N) is 1. The molecule has 4 aromatic heterocycles. The van der Waals surface area contributed by atoms with Crippen molar-refractivity contribution in [2.24, 2.45) is 0 Å². The first-order valence-electron chi connectivity index (χ1n) is 16.7. The lowest BCUT2D eigenvalue weighted by atomic mass is 10.1. The minimum Gasteiger partial charge on any atom is -0.349 e. The van der Waals surface area contributed by atoms with Gasteiger partial charge in [-0.3, -0.25) is 27.6 Å². The predicted molar refractivity (Wildman–Crippen MR) is 195 cm³/mol. The van der Waals surface area contributed by atoms with Crippen molar-refractivity contribution >= 4 is 65.7 Å². The quantitative estimate of drug-likeness (QED) is 0.177. The summed E-state index contributed by atoms with van der Waals surface area (Å²) in [5.41, 5.74) is 0.317. The number of nitrogens with zero attached hydrogens (tertiary/aromatic N) is 8. The molecule has 288 valence electrons. The summed E-state index contributed by atoms with van der Waals surface area (Å²) in [5, 5.41) is 11.9. The monoisotopic (exact) mass is 833 g/mol. The third-order valence-electron chi connectivity index (χ3n) is 8.86. The number of fused-ring (bicyclic) bond motifs is 5. The molecule has 19 nitrogen and oxygen atoms in total. The first-order valence-corrected chi connectivity index (χ1v) is 21.8. The number of carbonyl (C=O) groups is 1. The highest BCUT2D eigenvalue weighted by molar-refractivity contribution is 8.07. The number of ether oxygens (including phenoxy) is 2. The van der Waals surface area contributed by atoms with Crippen LogP contribution in [0.15, 0.2) is 72.4 Å². The molecule has 2 bridgehead atoms. The van der Waals surface area contributed by atoms with Gasteiger partial charge in [0, 0.05) is 36.6 Å². The van der Waals surface area contributed by atoms with E-state index in [0.717, 1.165) is 0 Å². The molecule has 3 aliphatic heterocycles. The fourth-order valence-electron chi connectivity index (χ4n) is 6.38. The zero-order valence-electron chi connectivity index (χ0n) is 28.2. The Balaban J connectivity index is 1.09. The molecule has 3 saturated heterocycles. The topological polar surface area (TPSA) is 221 Å². The summed E-state index contributed by atoms with van der Waals surface area (Å²) in [7, 11) is 0. The van der Waals surface area contributed by atoms with Crippen LogP contribution in [0, 0.1) is 11.3 Å². The maximum atomic E-state index is 16.8. The highest BCUT2D eigenvalue weighted by atomic mass is 32.5. The van der Waals surface area contributed by atoms with Gasteiger partial charge in [0.2, 0.25) is 5.78 Å². The van der Waals surface area contributed by atoms with E-state index >= 15 is 4.39 Å². The van der Waals surface area contributed by atoms with E-state index in [9.17, 15) is 19.7 Å². The lowest BCUT2D eigenvalue weighted by Crippen LogP contribution is -2.34. The van der Waals surface area contributed by atoms with Crippen LogP contribution < -0.4 is 10.9 Å². The molecule has 1 amide bonds. The molecule has 0 saturated carbocycles. The summed E-state index contributed by atoms with van der Waals surface area (Å²) in [6.07, 6.45) is -2.02. The smallest absolute Gasteiger partial charge is 0.327 e. The van der Waals surface area contributed by atoms with E-state index in [1.807, 2.05) is 6.07 Å². The van der Waals surface area contributed by atoms with Crippen LogP contribution in [0.2, 0.25) is 0 Å². The number of benzene rings is 1. The zero-order valence-corrected chi connectivity index (χ0v) is 31.6. The van der Waals surface area contributed by atoms with Gasteiger partial charge >= 0.3 is 13.4 Å². The summed E-state index contributed by atoms with van der Waals surface area (Å²) in [6.45, 7) is -8.94. The number of alkyl halides is 1. The Kier molecular flexibility index (Phi) is 10.7. The van der Waals surface area contributed by atoms with Crippen LogP contribution >= 0.6 is 13.4 Å². The minimum absolute atomic E-state index is 0.0671. The van der Waals surface area contributed by atoms with Gasteiger partial charge in [0.15, 0.2) is 35.6 Å². The number of hydrogen-bond donors (Lipinski definition) is 2. The van der Waals surface area contributed by atoms with Gasteiger partial charge in [-0.1, -0.05) is 18.2 Å². The fraction of sp³-hybridized carbons (Fsp3) is 0.387. The molecule has 9 atom stereocenters. The van der Waals surface area contributed by atoms with Gasteiger partial charge in [0.05, 0.1) is 44.7 Å². The summed E-state index contributed by atoms with van der Waals surface area (Å²) in [6, 6.07) is 11.7. The molecule has 55 heavy (non-hydrogen) atoms. The number of carbonyl (C=O) groups excluding carboxylic acids is 1. The third-order valence-corrected chi connectivity index (χ3v) is 12.8. The molecule has 3 aliphatic rings. The fourth-order valence-corrected chi connectivity index (χ4v) is 9.94. The van der Waals surface area contributed by atoms with Gasteiger partial charge in [-0.05, 0) is 35.7 Å². The molecule has 3 fully saturated rings. The van der Waals surface area contributed by atoms with Gasteiger partial charge in [-0.15, -0.1) is 0 Å². The van der Waals surface area contributed by atoms with E-state index in [2.05, 4.69) is 25.3 Å². The van der Waals surface area contributed by atoms with Gasteiger partial charge in [-0.25, -0.2) is 24.3 Å². The molecule has 2 unspecified atom stereocenters. The Morgan fingerprint density at radius 2 is 1.87 bits per heavy atom. The lowest BCUT2D eigenvalue weighted by molar-refractivity contribution is -0.0611. The van der Waals surface area contributed by atoms with Crippen LogP contribution in [0.1, 0.15) is 35.7 Å². The first-order chi connectivity index (χ1) is 26.5. The molecule has 7 heterocycles. The Bertz CT molecular complexity index is 2430. The average Bonchev–Trinajstić information content (AvgIpc) is 3.98. The zero-order chi connectivity index (χ0) is 38.3. The Labute approximate surface area is 320 Å². The highest BCUT2D eigenvalue weighted by Crippen LogP contribution is 2.56. The second-order valence-electron chi connectivity index (χ2n) is 12.4. The van der Waals surface area contributed by atoms with E-state index in [4.69, 9.17) is 55.7 Å². The second-order valence-corrected chi connectivity index (χ2v) is 18.1. The molecule has 24 heteroatoms. The maximum Gasteiger partial charge on any atom is 0.327 e. The largest absolute Gasteiger partial charge is 0.349 e. The van der Waals surface area contributed by atoms with Gasteiger partial charge in [-0.2, -0.15) is 5.26 Å². The normalized spacial score (nSPS) is 31.3. The molecule has 2 N–H and O–H groups in total. The van der Waals surface area contributed by atoms with Crippen molar-refractivity contribution < 1.29 is 46.2 Å². The van der Waals surface area contributed by atoms with E-state index in [0.29, 0.717) is 5.56 Å². The van der Waals surface area contributed by atoms with Crippen molar-refractivity contribution in [3.63, 3.8) is 0 Å². The first kappa shape index (κ1) is 38.0. The summed E-state index contributed by atoms with van der Waals surface area (Å²) >= 11 is 11.2. The molecule has 1 aromatic carbocycles. The summed E-state index contributed by atoms with van der Waals surface area (Å²) in [4.78, 5) is 53.7. The number of anilines is 1. The third kappa shape index (κ3) is 7.76. The van der Waals surface area contributed by atoms with Gasteiger partial charge < -0.3 is 37.8 Å². The van der Waals surface area contributed by atoms with Crippen LogP contribution in [0.25, 0.3) is 16.9 Å². The second kappa shape index (κ2) is 15.5. The number of amides is 1. The molecule has 0 aliphatic carbocycles. The van der Waals surface area contributed by atoms with E-state index in [1.165, 1.54) is 46.3 Å². The van der Waals surface area contributed by atoms with Crippen molar-refractivity contribution in [3.05, 3.63) is 83.6 Å². The van der Waals surface area contributed by atoms with Crippen molar-refractivity contribution in [2.45, 2.75) is 55.9 Å². The van der Waals surface area contributed by atoms with Crippen molar-refractivity contribution in [2.75, 3.05) is 25.1 Å². The van der Waals surface area contributed by atoms with Crippen LogP contribution in [-0.4, -0.2) is 94.7 Å². The minimum atomic E-state index is -4.11. The van der Waals surface area contributed by atoms with Gasteiger partial charge in [0.1, 0.15) is 24.6 Å². The summed E-state index contributed by atoms with van der Waals surface area (Å²) in [5.74, 6) is -0.135. The number of imidazole rings is 2. The van der Waals surface area contributed by atoms with E-state index in [1.54, 1.807) is 34.9 Å². The number of hydrogen-bond acceptors (Lipinski definition) is 16. The molecule has 0 radical (unpaired) electrons. The number of nitriles is 1. The molecular formula is C31H30FN9O10P2S2. The van der Waals surface area contributed by atoms with Crippen LogP contribution in [0.5, 0.6) is 0 Å². The molecule has 5 aromatic rings. The van der Waals surface area contributed by atoms with E-state index < -0.39 is 69.0 Å². The number of halogens is 1. The van der Waals surface area contributed by atoms with Crippen LogP contribution in [0.4, 0.5) is 10.2 Å². The van der Waals surface area contributed by atoms with Crippen molar-refractivity contribution in [1.82, 2.24) is 33.5 Å². The Morgan fingerprint density at radius 3 is 2.69 bits per heavy atom. The average molecular weight is 834 g/mol. The molecular weight excluding hydrogens is 803 g/mol. The molecule has 8 rings (SSSR count). The molecule has 0 spiro atoms.